The molecule has 0 heterocycles. The molecule has 0 atom stereocenters. The zero-order valence-corrected chi connectivity index (χ0v) is 5.77. The first-order valence-electron chi connectivity index (χ1n) is 2.93. The third-order valence-corrected chi connectivity index (χ3v) is 0.925. The molecule has 0 saturated heterocycles. The van der Waals surface area contributed by atoms with E-state index in [9.17, 15) is 5.21 Å². The average Bonchev–Trinajstić information content (AvgIpc) is 1.67. The van der Waals surface area contributed by atoms with Gasteiger partial charge in [0.05, 0.1) is 0 Å². The van der Waals surface area contributed by atoms with Crippen molar-refractivity contribution < 1.29 is 4.74 Å². The molecule has 0 spiro atoms. The van der Waals surface area contributed by atoms with Crippen LogP contribution in [0.2, 0.25) is 0 Å². The highest BCUT2D eigenvalue weighted by Gasteiger charge is 1.90. The van der Waals surface area contributed by atoms with E-state index >= 15 is 0 Å². The van der Waals surface area contributed by atoms with Crippen LogP contribution < -0.4 is 0 Å². The molecule has 0 fully saturated rings. The zero-order chi connectivity index (χ0) is 6.57. The molecule has 0 aliphatic rings. The fraction of sp³-hybridized carbons (Fsp3) is 0.833. The highest BCUT2D eigenvalue weighted by atomic mass is 16.5. The van der Waals surface area contributed by atoms with Crippen LogP contribution >= 0.6 is 0 Å². The highest BCUT2D eigenvalue weighted by molar-refractivity contribution is 5.73. The molecule has 2 nitrogen and oxygen atoms in total. The number of nitrogens with zero attached hydrogens (tertiary/aromatic N) is 1. The number of hydrogen-bond acceptors (Lipinski definition) is 1. The molecule has 0 radical (unpaired) electrons. The van der Waals surface area contributed by atoms with Crippen LogP contribution in [0.3, 0.4) is 0 Å². The molecule has 0 amide bonds. The number of rotatable bonds is 2. The molecular weight excluding hydrogens is 102 g/mol. The molecule has 2 heteroatoms. The lowest BCUT2D eigenvalue weighted by molar-refractivity contribution is -0.458. The normalized spacial score (nSPS) is 8.88. The Kier molecular flexibility index (Phi) is 3.24. The van der Waals surface area contributed by atoms with Crippen LogP contribution in [0, 0.1) is 5.21 Å². The number of hydroxylamine groups is 1. The summed E-state index contributed by atoms with van der Waals surface area (Å²) in [4.78, 5) is 0. The van der Waals surface area contributed by atoms with Gasteiger partial charge in [0.1, 0.15) is 0 Å². The standard InChI is InChI=1S/C6H13NO/c1-4-5-7(8)6(2)3/h4-5H2,1-3H3. The first-order chi connectivity index (χ1) is 3.68. The molecule has 0 aliphatic heterocycles. The Morgan fingerprint density at radius 2 is 2.00 bits per heavy atom. The first-order valence-corrected chi connectivity index (χ1v) is 2.93. The van der Waals surface area contributed by atoms with Gasteiger partial charge in [-0.25, -0.2) is 4.74 Å². The van der Waals surface area contributed by atoms with Crippen molar-refractivity contribution in [2.45, 2.75) is 27.2 Å². The predicted molar refractivity (Wildman–Crippen MR) is 35.1 cm³/mol. The second-order valence-electron chi connectivity index (χ2n) is 2.05. The Hall–Kier alpha value is -0.530. The predicted octanol–water partition coefficient (Wildman–Crippen LogP) is 1.39. The lowest BCUT2D eigenvalue weighted by Crippen LogP contribution is -2.10. The van der Waals surface area contributed by atoms with Crippen LogP contribution in [0.4, 0.5) is 0 Å². The van der Waals surface area contributed by atoms with E-state index in [1.807, 2.05) is 20.8 Å². The SMILES string of the molecule is CCC[N+]([O-])=C(C)C. The molecule has 48 valence electrons. The monoisotopic (exact) mass is 115 g/mol. The van der Waals surface area contributed by atoms with Crippen molar-refractivity contribution in [1.82, 2.24) is 0 Å². The Morgan fingerprint density at radius 1 is 1.50 bits per heavy atom. The van der Waals surface area contributed by atoms with Crippen molar-refractivity contribution in [3.63, 3.8) is 0 Å². The molecule has 0 rings (SSSR count). The summed E-state index contributed by atoms with van der Waals surface area (Å²) < 4.78 is 1.01. The van der Waals surface area contributed by atoms with Crippen LogP contribution in [0.15, 0.2) is 0 Å². The summed E-state index contributed by atoms with van der Waals surface area (Å²) in [5, 5.41) is 10.6. The summed E-state index contributed by atoms with van der Waals surface area (Å²) in [7, 11) is 0. The average molecular weight is 115 g/mol. The lowest BCUT2D eigenvalue weighted by Gasteiger charge is -2.02. The first kappa shape index (κ1) is 7.47. The van der Waals surface area contributed by atoms with Crippen molar-refractivity contribution in [3.8, 4) is 0 Å². The van der Waals surface area contributed by atoms with Gasteiger partial charge in [-0.2, -0.15) is 0 Å². The highest BCUT2D eigenvalue weighted by Crippen LogP contribution is 1.79. The minimum Gasteiger partial charge on any atom is -0.624 e. The summed E-state index contributed by atoms with van der Waals surface area (Å²) in [6.07, 6.45) is 0.925. The Morgan fingerprint density at radius 3 is 2.12 bits per heavy atom. The Bertz CT molecular complexity index is 92.7. The lowest BCUT2D eigenvalue weighted by atomic mass is 10.4. The van der Waals surface area contributed by atoms with E-state index in [4.69, 9.17) is 0 Å². The third-order valence-electron chi connectivity index (χ3n) is 0.925. The van der Waals surface area contributed by atoms with Crippen molar-refractivity contribution >= 4 is 5.71 Å². The van der Waals surface area contributed by atoms with Crippen LogP contribution in [-0.4, -0.2) is 17.0 Å². The van der Waals surface area contributed by atoms with E-state index in [0.717, 1.165) is 16.9 Å². The summed E-state index contributed by atoms with van der Waals surface area (Å²) in [5.41, 5.74) is 0.840. The van der Waals surface area contributed by atoms with Crippen LogP contribution in [0.1, 0.15) is 27.2 Å². The van der Waals surface area contributed by atoms with Gasteiger partial charge in [0.15, 0.2) is 12.3 Å². The topological polar surface area (TPSA) is 26.1 Å². The van der Waals surface area contributed by atoms with Crippen LogP contribution in [0.5, 0.6) is 0 Å². The second kappa shape index (κ2) is 3.47. The van der Waals surface area contributed by atoms with Crippen LogP contribution in [-0.2, 0) is 0 Å². The van der Waals surface area contributed by atoms with Gasteiger partial charge in [0.25, 0.3) is 0 Å². The van der Waals surface area contributed by atoms with Gasteiger partial charge in [-0.1, -0.05) is 6.92 Å². The Balaban J connectivity index is 3.62. The summed E-state index contributed by atoms with van der Waals surface area (Å²) in [5.74, 6) is 0. The van der Waals surface area contributed by atoms with Crippen molar-refractivity contribution in [1.29, 1.82) is 0 Å². The van der Waals surface area contributed by atoms with E-state index in [0.29, 0.717) is 6.54 Å². The second-order valence-corrected chi connectivity index (χ2v) is 2.05. The largest absolute Gasteiger partial charge is 0.624 e. The third kappa shape index (κ3) is 2.61. The minimum atomic E-state index is 0.627. The van der Waals surface area contributed by atoms with E-state index in [2.05, 4.69) is 0 Å². The zero-order valence-electron chi connectivity index (χ0n) is 5.77. The van der Waals surface area contributed by atoms with E-state index in [1.165, 1.54) is 0 Å². The molecular formula is C6H13NO. The minimum absolute atomic E-state index is 0.627. The molecule has 0 N–H and O–H groups in total. The molecule has 0 aromatic rings. The fourth-order valence-electron chi connectivity index (χ4n) is 0.427. The van der Waals surface area contributed by atoms with E-state index < -0.39 is 0 Å². The molecule has 0 aliphatic carbocycles. The molecule has 0 unspecified atom stereocenters. The van der Waals surface area contributed by atoms with Gasteiger partial charge in [-0.3, -0.25) is 0 Å². The van der Waals surface area contributed by atoms with Gasteiger partial charge < -0.3 is 5.21 Å². The van der Waals surface area contributed by atoms with E-state index in [1.54, 1.807) is 0 Å². The fourth-order valence-corrected chi connectivity index (χ4v) is 0.427. The smallest absolute Gasteiger partial charge is 0.157 e. The summed E-state index contributed by atoms with van der Waals surface area (Å²) in [6.45, 7) is 6.27. The van der Waals surface area contributed by atoms with E-state index in [-0.39, 0.29) is 0 Å². The molecule has 0 aromatic carbocycles. The maximum absolute atomic E-state index is 10.6. The number of hydrogen-bond donors (Lipinski definition) is 0. The molecule has 0 saturated carbocycles. The van der Waals surface area contributed by atoms with Crippen molar-refractivity contribution in [3.05, 3.63) is 5.21 Å². The van der Waals surface area contributed by atoms with Crippen molar-refractivity contribution in [2.24, 2.45) is 0 Å². The maximum Gasteiger partial charge on any atom is 0.157 e. The van der Waals surface area contributed by atoms with Gasteiger partial charge >= 0.3 is 0 Å². The quantitative estimate of drug-likeness (QED) is 0.231. The molecule has 8 heavy (non-hydrogen) atoms. The summed E-state index contributed by atoms with van der Waals surface area (Å²) in [6, 6.07) is 0. The summed E-state index contributed by atoms with van der Waals surface area (Å²) >= 11 is 0. The van der Waals surface area contributed by atoms with Gasteiger partial charge in [-0.15, -0.1) is 0 Å². The molecule has 0 bridgehead atoms. The van der Waals surface area contributed by atoms with Crippen LogP contribution in [0.25, 0.3) is 0 Å². The van der Waals surface area contributed by atoms with Gasteiger partial charge in [0, 0.05) is 20.3 Å². The Labute approximate surface area is 50.4 Å². The maximum atomic E-state index is 10.6. The molecule has 0 aromatic heterocycles. The van der Waals surface area contributed by atoms with Gasteiger partial charge in [0.2, 0.25) is 0 Å². The van der Waals surface area contributed by atoms with Crippen molar-refractivity contribution in [2.75, 3.05) is 6.54 Å². The van der Waals surface area contributed by atoms with Gasteiger partial charge in [-0.05, 0) is 0 Å².